The van der Waals surface area contributed by atoms with Crippen molar-refractivity contribution < 1.29 is 5.11 Å². The number of hydrogen-bond acceptors (Lipinski definition) is 1. The lowest BCUT2D eigenvalue weighted by Crippen LogP contribution is -2.14. The summed E-state index contributed by atoms with van der Waals surface area (Å²) in [5.74, 6) is 0. The van der Waals surface area contributed by atoms with Gasteiger partial charge < -0.3 is 9.67 Å². The van der Waals surface area contributed by atoms with Crippen molar-refractivity contribution in [2.24, 2.45) is 0 Å². The largest absolute Gasteiger partial charge is 0.386 e. The van der Waals surface area contributed by atoms with E-state index in [4.69, 9.17) is 0 Å². The molecule has 0 aliphatic rings. The van der Waals surface area contributed by atoms with Gasteiger partial charge in [0, 0.05) is 17.8 Å². The minimum Gasteiger partial charge on any atom is -0.386 e. The molecule has 0 aromatic carbocycles. The Morgan fingerprint density at radius 1 is 1.46 bits per heavy atom. The van der Waals surface area contributed by atoms with E-state index in [2.05, 4.69) is 34.3 Å². The highest BCUT2D eigenvalue weighted by molar-refractivity contribution is 9.10. The van der Waals surface area contributed by atoms with Crippen molar-refractivity contribution in [3.63, 3.8) is 0 Å². The quantitative estimate of drug-likeness (QED) is 0.852. The number of rotatable bonds is 2. The van der Waals surface area contributed by atoms with Crippen molar-refractivity contribution >= 4 is 15.9 Å². The average molecular weight is 246 g/mol. The fourth-order valence-electron chi connectivity index (χ4n) is 1.18. The summed E-state index contributed by atoms with van der Waals surface area (Å²) >= 11 is 3.46. The Bertz CT molecular complexity index is 296. The van der Waals surface area contributed by atoms with E-state index in [0.29, 0.717) is 6.04 Å². The third-order valence-corrected chi connectivity index (χ3v) is 2.70. The lowest BCUT2D eigenvalue weighted by molar-refractivity contribution is 0.0785. The molecular formula is C10H16BrNO. The van der Waals surface area contributed by atoms with Gasteiger partial charge in [0.25, 0.3) is 0 Å². The SMILES string of the molecule is CC(C)n1cc(C(C)(C)O)cc1Br. The second-order valence-electron chi connectivity index (χ2n) is 4.11. The van der Waals surface area contributed by atoms with Gasteiger partial charge in [-0.05, 0) is 49.7 Å². The summed E-state index contributed by atoms with van der Waals surface area (Å²) in [6.45, 7) is 7.80. The van der Waals surface area contributed by atoms with E-state index in [1.54, 1.807) is 13.8 Å². The zero-order chi connectivity index (χ0) is 10.2. The molecule has 0 saturated carbocycles. The topological polar surface area (TPSA) is 25.2 Å². The standard InChI is InChI=1S/C10H16BrNO/c1-7(2)12-6-8(5-9(12)11)10(3,4)13/h5-7,13H,1-4H3. The summed E-state index contributed by atoms with van der Waals surface area (Å²) in [6.07, 6.45) is 1.98. The Hall–Kier alpha value is -0.280. The van der Waals surface area contributed by atoms with Gasteiger partial charge in [0.2, 0.25) is 0 Å². The summed E-state index contributed by atoms with van der Waals surface area (Å²) in [5, 5.41) is 9.77. The van der Waals surface area contributed by atoms with Gasteiger partial charge in [-0.2, -0.15) is 0 Å². The molecule has 1 heterocycles. The van der Waals surface area contributed by atoms with Gasteiger partial charge in [-0.25, -0.2) is 0 Å². The molecule has 1 aromatic rings. The molecule has 13 heavy (non-hydrogen) atoms. The molecular weight excluding hydrogens is 230 g/mol. The summed E-state index contributed by atoms with van der Waals surface area (Å²) in [5.41, 5.74) is 0.177. The minimum absolute atomic E-state index is 0.408. The van der Waals surface area contributed by atoms with Crippen LogP contribution >= 0.6 is 15.9 Å². The first-order valence-electron chi connectivity index (χ1n) is 4.42. The van der Waals surface area contributed by atoms with Crippen molar-refractivity contribution in [1.82, 2.24) is 4.57 Å². The van der Waals surface area contributed by atoms with E-state index in [0.717, 1.165) is 10.2 Å². The smallest absolute Gasteiger partial charge is 0.0855 e. The Balaban J connectivity index is 3.10. The molecule has 1 rings (SSSR count). The van der Waals surface area contributed by atoms with E-state index in [1.165, 1.54) is 0 Å². The van der Waals surface area contributed by atoms with Crippen LogP contribution in [0.2, 0.25) is 0 Å². The summed E-state index contributed by atoms with van der Waals surface area (Å²) in [7, 11) is 0. The molecule has 0 aliphatic carbocycles. The number of aromatic nitrogens is 1. The third-order valence-electron chi connectivity index (χ3n) is 2.06. The van der Waals surface area contributed by atoms with Gasteiger partial charge in [-0.1, -0.05) is 0 Å². The third kappa shape index (κ3) is 2.35. The van der Waals surface area contributed by atoms with Crippen molar-refractivity contribution in [2.45, 2.75) is 39.3 Å². The van der Waals surface area contributed by atoms with Crippen molar-refractivity contribution in [2.75, 3.05) is 0 Å². The minimum atomic E-state index is -0.761. The molecule has 3 heteroatoms. The molecule has 2 nitrogen and oxygen atoms in total. The van der Waals surface area contributed by atoms with Crippen LogP contribution in [0.25, 0.3) is 0 Å². The Labute approximate surface area is 87.7 Å². The van der Waals surface area contributed by atoms with Crippen LogP contribution in [0.3, 0.4) is 0 Å². The molecule has 0 atom stereocenters. The first-order chi connectivity index (χ1) is 5.82. The van der Waals surface area contributed by atoms with Crippen molar-refractivity contribution in [3.8, 4) is 0 Å². The molecule has 0 saturated heterocycles. The molecule has 0 amide bonds. The highest BCUT2D eigenvalue weighted by Crippen LogP contribution is 2.27. The lowest BCUT2D eigenvalue weighted by atomic mass is 10.0. The van der Waals surface area contributed by atoms with E-state index >= 15 is 0 Å². The van der Waals surface area contributed by atoms with Crippen LogP contribution in [0.1, 0.15) is 39.3 Å². The van der Waals surface area contributed by atoms with E-state index < -0.39 is 5.60 Å². The number of hydrogen-bond donors (Lipinski definition) is 1. The van der Waals surface area contributed by atoms with Crippen LogP contribution in [0.15, 0.2) is 16.9 Å². The van der Waals surface area contributed by atoms with Crippen LogP contribution in [0.5, 0.6) is 0 Å². The fourth-order valence-corrected chi connectivity index (χ4v) is 1.94. The van der Waals surface area contributed by atoms with E-state index in [9.17, 15) is 5.11 Å². The second kappa shape index (κ2) is 3.46. The van der Waals surface area contributed by atoms with Gasteiger partial charge in [0.1, 0.15) is 0 Å². The fraction of sp³-hybridized carbons (Fsp3) is 0.600. The van der Waals surface area contributed by atoms with Crippen LogP contribution in [-0.2, 0) is 5.60 Å². The predicted octanol–water partition coefficient (Wildman–Crippen LogP) is 3.06. The number of aliphatic hydroxyl groups is 1. The van der Waals surface area contributed by atoms with Crippen molar-refractivity contribution in [1.29, 1.82) is 0 Å². The van der Waals surface area contributed by atoms with Crippen molar-refractivity contribution in [3.05, 3.63) is 22.4 Å². The predicted molar refractivity (Wildman–Crippen MR) is 57.8 cm³/mol. The van der Waals surface area contributed by atoms with Gasteiger partial charge in [0.05, 0.1) is 10.2 Å². The molecule has 1 aromatic heterocycles. The van der Waals surface area contributed by atoms with E-state index in [-0.39, 0.29) is 0 Å². The maximum atomic E-state index is 9.77. The molecule has 0 aliphatic heterocycles. The van der Waals surface area contributed by atoms with Gasteiger partial charge in [-0.3, -0.25) is 0 Å². The van der Waals surface area contributed by atoms with Gasteiger partial charge in [0.15, 0.2) is 0 Å². The molecule has 0 spiro atoms. The van der Waals surface area contributed by atoms with E-state index in [1.807, 2.05) is 12.3 Å². The first-order valence-corrected chi connectivity index (χ1v) is 5.22. The molecule has 0 radical (unpaired) electrons. The normalized spacial score (nSPS) is 12.5. The lowest BCUT2D eigenvalue weighted by Gasteiger charge is -2.15. The Morgan fingerprint density at radius 3 is 2.23 bits per heavy atom. The van der Waals surface area contributed by atoms with Crippen LogP contribution in [0.4, 0.5) is 0 Å². The second-order valence-corrected chi connectivity index (χ2v) is 4.92. The molecule has 1 N–H and O–H groups in total. The molecule has 74 valence electrons. The Morgan fingerprint density at radius 2 is 2.00 bits per heavy atom. The summed E-state index contributed by atoms with van der Waals surface area (Å²) < 4.78 is 3.10. The zero-order valence-corrected chi connectivity index (χ0v) is 10.1. The monoisotopic (exact) mass is 245 g/mol. The zero-order valence-electron chi connectivity index (χ0n) is 8.50. The maximum Gasteiger partial charge on any atom is 0.0855 e. The average Bonchev–Trinajstić information content (AvgIpc) is 2.29. The Kier molecular flexibility index (Phi) is 2.88. The molecule has 0 fully saturated rings. The first kappa shape index (κ1) is 10.8. The van der Waals surface area contributed by atoms with Crippen LogP contribution < -0.4 is 0 Å². The summed E-state index contributed by atoms with van der Waals surface area (Å²) in [4.78, 5) is 0. The maximum absolute atomic E-state index is 9.77. The van der Waals surface area contributed by atoms with Gasteiger partial charge in [-0.15, -0.1) is 0 Å². The summed E-state index contributed by atoms with van der Waals surface area (Å²) in [6, 6.07) is 2.37. The van der Waals surface area contributed by atoms with Crippen LogP contribution in [-0.4, -0.2) is 9.67 Å². The number of halogens is 1. The molecule has 0 unspecified atom stereocenters. The number of nitrogens with zero attached hydrogens (tertiary/aromatic N) is 1. The molecule has 0 bridgehead atoms. The van der Waals surface area contributed by atoms with Gasteiger partial charge >= 0.3 is 0 Å². The highest BCUT2D eigenvalue weighted by atomic mass is 79.9. The highest BCUT2D eigenvalue weighted by Gasteiger charge is 2.19. The van der Waals surface area contributed by atoms with Crippen LogP contribution in [0, 0.1) is 0 Å².